The number of likely N-dealkylation sites (tertiary alicyclic amines) is 2. The Balaban J connectivity index is 0.000000668. The van der Waals surface area contributed by atoms with Crippen LogP contribution in [-0.4, -0.2) is 105 Å². The molecule has 2 aliphatic heterocycles. The van der Waals surface area contributed by atoms with Gasteiger partial charge in [-0.15, -0.1) is 0 Å². The first kappa shape index (κ1) is 92.2. The van der Waals surface area contributed by atoms with E-state index in [9.17, 15) is 60.2 Å². The Labute approximate surface area is 620 Å². The topological polar surface area (TPSA) is 234 Å². The SMILES string of the molecule is CCOC(=O)C[C@H](NC(=O)C(CC(C)C)n1cc(CCN2CCC2)c(C)cc1=O)c1c(F)c(C)cc(-c2c(C)ccc(C(F)(F)F)c2C)c1F.Cc1cc(=O)n(C(CC(C)C)C(=O)N[C@@H](CC(=O)O)c2c(F)c(C)cc(-c3c(C)ccc(C(F)(F)F)c3C)c2F)cc1CCN1CCC1.O.S.S.[Li+].[OH-]. The van der Waals surface area contributed by atoms with Gasteiger partial charge in [-0.05, 0) is 230 Å². The molecule has 0 spiro atoms. The van der Waals surface area contributed by atoms with Gasteiger partial charge in [-0.25, -0.2) is 17.6 Å². The second kappa shape index (κ2) is 38.9. The van der Waals surface area contributed by atoms with Crippen molar-refractivity contribution >= 4 is 50.7 Å². The summed E-state index contributed by atoms with van der Waals surface area (Å²) in [6.07, 6.45) is -3.88. The molecule has 4 atom stereocenters. The van der Waals surface area contributed by atoms with Gasteiger partial charge in [0.2, 0.25) is 11.8 Å². The van der Waals surface area contributed by atoms with E-state index >= 15 is 17.6 Å². The van der Waals surface area contributed by atoms with Gasteiger partial charge in [0.25, 0.3) is 11.1 Å². The number of aliphatic carboxylic acids is 1. The van der Waals surface area contributed by atoms with E-state index in [0.29, 0.717) is 18.4 Å². The third-order valence-corrected chi connectivity index (χ3v) is 18.5. The van der Waals surface area contributed by atoms with Crippen molar-refractivity contribution < 1.29 is 103 Å². The van der Waals surface area contributed by atoms with Crippen molar-refractivity contribution in [2.75, 3.05) is 45.9 Å². The summed E-state index contributed by atoms with van der Waals surface area (Å²) in [5.74, 6) is -8.78. The van der Waals surface area contributed by atoms with Crippen LogP contribution < -0.4 is 40.6 Å². The van der Waals surface area contributed by atoms with Crippen LogP contribution in [0.15, 0.2) is 70.5 Å². The molecule has 29 heteroatoms. The van der Waals surface area contributed by atoms with Crippen LogP contribution in [0.4, 0.5) is 43.9 Å². The van der Waals surface area contributed by atoms with E-state index in [4.69, 9.17) is 4.74 Å². The zero-order valence-corrected chi connectivity index (χ0v) is 62.7. The van der Waals surface area contributed by atoms with Gasteiger partial charge in [-0.1, -0.05) is 39.8 Å². The number of amides is 2. The molecule has 0 radical (unpaired) electrons. The van der Waals surface area contributed by atoms with Gasteiger partial charge in [0.1, 0.15) is 35.4 Å². The van der Waals surface area contributed by atoms with E-state index in [0.717, 1.165) is 98.6 Å². The number of alkyl halides is 6. The molecule has 2 fully saturated rings. The summed E-state index contributed by atoms with van der Waals surface area (Å²) in [7, 11) is 0. The van der Waals surface area contributed by atoms with Gasteiger partial charge in [-0.3, -0.25) is 28.8 Å². The van der Waals surface area contributed by atoms with Crippen molar-refractivity contribution in [1.82, 2.24) is 29.6 Å². The number of hydrogen-bond acceptors (Lipinski definition) is 10. The number of carboxylic acid groups (broad SMARTS) is 1. The molecule has 2 amide bonds. The molecule has 2 aliphatic rings. The van der Waals surface area contributed by atoms with E-state index in [1.165, 1.54) is 74.9 Å². The Morgan fingerprint density at radius 1 is 0.544 bits per heavy atom. The smallest absolute Gasteiger partial charge is 0.870 e. The Bertz CT molecular complexity index is 4100. The number of aromatic nitrogens is 2. The van der Waals surface area contributed by atoms with E-state index in [2.05, 4.69) is 20.4 Å². The fraction of sp³-hybridized carbons (Fsp3) is 0.486. The van der Waals surface area contributed by atoms with Crippen molar-refractivity contribution in [3.63, 3.8) is 0 Å². The number of nitrogens with zero attached hydrogens (tertiary/aromatic N) is 4. The van der Waals surface area contributed by atoms with Crippen LogP contribution >= 0.6 is 27.0 Å². The molecule has 2 aromatic heterocycles. The largest absolute Gasteiger partial charge is 1.00 e. The fourth-order valence-electron chi connectivity index (χ4n) is 13.0. The number of benzene rings is 4. The molecule has 4 heterocycles. The second-order valence-corrected chi connectivity index (χ2v) is 26.8. The maximum absolute atomic E-state index is 16.7. The summed E-state index contributed by atoms with van der Waals surface area (Å²) in [6.45, 7) is 26.1. The molecule has 0 saturated carbocycles. The summed E-state index contributed by atoms with van der Waals surface area (Å²) in [5.41, 5.74) is -2.04. The summed E-state index contributed by atoms with van der Waals surface area (Å²) < 4.78 is 156. The molecule has 6 aromatic rings. The zero-order chi connectivity index (χ0) is 72.7. The van der Waals surface area contributed by atoms with Gasteiger partial charge >= 0.3 is 43.2 Å². The molecule has 8 rings (SSSR count). The summed E-state index contributed by atoms with van der Waals surface area (Å²) in [5, 5.41) is 14.9. The third kappa shape index (κ3) is 22.3. The van der Waals surface area contributed by atoms with Crippen molar-refractivity contribution in [3.8, 4) is 22.3 Å². The van der Waals surface area contributed by atoms with E-state index in [1.54, 1.807) is 19.3 Å². The molecule has 564 valence electrons. The van der Waals surface area contributed by atoms with Gasteiger partial charge in [-0.2, -0.15) is 53.3 Å². The van der Waals surface area contributed by atoms with Gasteiger partial charge in [0, 0.05) is 59.9 Å². The van der Waals surface area contributed by atoms with Crippen LogP contribution in [0.3, 0.4) is 0 Å². The average Bonchev–Trinajstić information content (AvgIpc) is 0.764. The number of rotatable bonds is 25. The second-order valence-electron chi connectivity index (χ2n) is 26.8. The first-order valence-corrected chi connectivity index (χ1v) is 33.0. The Kier molecular flexibility index (Phi) is 34.8. The molecule has 2 saturated heterocycles. The van der Waals surface area contributed by atoms with Crippen LogP contribution in [0.1, 0.15) is 175 Å². The number of pyridine rings is 2. The minimum absolute atomic E-state index is 0. The number of ether oxygens (including phenoxy) is 1. The molecule has 6 N–H and O–H groups in total. The molecule has 16 nitrogen and oxygen atoms in total. The predicted molar refractivity (Wildman–Crippen MR) is 381 cm³/mol. The monoisotopic (exact) mass is 1490 g/mol. The van der Waals surface area contributed by atoms with Crippen molar-refractivity contribution in [2.24, 2.45) is 11.8 Å². The van der Waals surface area contributed by atoms with Gasteiger partial charge in [0.05, 0.1) is 42.7 Å². The number of halogens is 10. The van der Waals surface area contributed by atoms with Crippen LogP contribution in [-0.2, 0) is 49.1 Å². The maximum atomic E-state index is 16.7. The van der Waals surface area contributed by atoms with Gasteiger partial charge in [0.15, 0.2) is 0 Å². The number of nitrogens with one attached hydrogen (secondary N) is 2. The quantitative estimate of drug-likeness (QED) is 0.0277. The van der Waals surface area contributed by atoms with Crippen LogP contribution in [0.5, 0.6) is 0 Å². The van der Waals surface area contributed by atoms with Crippen LogP contribution in [0.25, 0.3) is 22.3 Å². The minimum Gasteiger partial charge on any atom is -0.870 e. The Morgan fingerprint density at radius 2 is 0.893 bits per heavy atom. The van der Waals surface area contributed by atoms with Crippen molar-refractivity contribution in [1.29, 1.82) is 0 Å². The van der Waals surface area contributed by atoms with E-state index in [-0.39, 0.29) is 138 Å². The van der Waals surface area contributed by atoms with E-state index < -0.39 is 130 Å². The first-order valence-electron chi connectivity index (χ1n) is 33.0. The number of hydrogen-bond donors (Lipinski definition) is 3. The fourth-order valence-corrected chi connectivity index (χ4v) is 13.0. The number of carbonyl (C=O) groups excluding carboxylic acids is 3. The van der Waals surface area contributed by atoms with Crippen LogP contribution in [0, 0.1) is 90.5 Å². The van der Waals surface area contributed by atoms with Crippen LogP contribution in [0.2, 0.25) is 0 Å². The molecule has 4 aromatic carbocycles. The first-order chi connectivity index (χ1) is 45.8. The molecular weight excluding hydrogens is 1390 g/mol. The Morgan fingerprint density at radius 3 is 1.19 bits per heavy atom. The Hall–Kier alpha value is -6.90. The molecule has 0 aliphatic carbocycles. The summed E-state index contributed by atoms with van der Waals surface area (Å²) >= 11 is 0. The average molecular weight is 1490 g/mol. The standard InChI is InChI=1S/C38H46F5N3O4.C36H42F5N3O4.Li.2H2O.2H2S/c1-8-50-32(48)19-29(34-35(39)24(6)17-27(36(34)40)33-22(4)10-11-28(25(33)7)38(41,42)43)44-37(49)30(16-21(2)3)46-20-26(23(5)18-31(46)47)12-15-45-13-9-14-45;1-19(2)14-28(44-18-24(21(4)16-29(44)45)10-13-43-11-7-12-43)35(48)42-27(17-30(46)47)32-33(37)22(5)15-25(34(32)38)31-20(3)8-9-26(23(31)6)36(39,40)41;;;;;/h10-11,17-18,20-21,29-30H,8-9,12-16,19H2,1-7H3,(H,44,49);8-9,15-16,18-19,27-28H,7,10-14,17H2,1-6H3,(H,42,48)(H,46,47);;4*1H2/q;;+1;;;;/p-1/t29-,30?;27-,28?;;;;;/m00...../s1. The third-order valence-electron chi connectivity index (χ3n) is 18.5. The van der Waals surface area contributed by atoms with E-state index in [1.807, 2.05) is 41.5 Å². The number of esters is 1. The number of aryl methyl sites for hydroxylation is 6. The maximum Gasteiger partial charge on any atom is 1.00 e. The normalized spacial score (nSPS) is 14.1. The number of carboxylic acids is 1. The van der Waals surface area contributed by atoms with Crippen molar-refractivity contribution in [2.45, 2.75) is 178 Å². The molecule has 0 bridgehead atoms. The molecule has 2 unspecified atom stereocenters. The predicted octanol–water partition coefficient (Wildman–Crippen LogP) is 11.1. The molecular formula is C74H95F10LiN6O10S2. The van der Waals surface area contributed by atoms with Crippen molar-refractivity contribution in [3.05, 3.63) is 183 Å². The minimum atomic E-state index is -4.74. The number of carbonyl (C=O) groups is 4. The summed E-state index contributed by atoms with van der Waals surface area (Å²) in [4.78, 5) is 84.2. The molecule has 103 heavy (non-hydrogen) atoms. The summed E-state index contributed by atoms with van der Waals surface area (Å²) in [6, 6.07) is 3.71. The van der Waals surface area contributed by atoms with Gasteiger partial charge < -0.3 is 50.4 Å². The zero-order valence-electron chi connectivity index (χ0n) is 60.7.